The van der Waals surface area contributed by atoms with Gasteiger partial charge >= 0.3 is 5.97 Å². The lowest BCUT2D eigenvalue weighted by Crippen LogP contribution is -2.35. The van der Waals surface area contributed by atoms with Gasteiger partial charge in [-0.25, -0.2) is 4.79 Å². The average Bonchev–Trinajstić information content (AvgIpc) is 2.99. The number of para-hydroxylation sites is 1. The third kappa shape index (κ3) is 4.18. The van der Waals surface area contributed by atoms with Gasteiger partial charge in [-0.15, -0.1) is 4.40 Å². The van der Waals surface area contributed by atoms with Crippen LogP contribution in [0.2, 0.25) is 0 Å². The van der Waals surface area contributed by atoms with Gasteiger partial charge in [0.25, 0.3) is 15.9 Å². The normalized spacial score (nSPS) is 16.9. The Morgan fingerprint density at radius 2 is 1.94 bits per heavy atom. The standard InChI is InChI=1S/C22H23N3O5S/c1-2-30-22(27)16-8-5-6-9-17(16)23-21(26)15-11-12-18-19(14-15)31(28,29)24-20-10-4-3-7-13-25(18)20/h5-6,8-9,11-12,14H,2-4,7,10,13H2,1H3,(H,23,26). The first kappa shape index (κ1) is 21.0. The highest BCUT2D eigenvalue weighted by molar-refractivity contribution is 7.90. The van der Waals surface area contributed by atoms with Crippen molar-refractivity contribution in [3.05, 3.63) is 53.6 Å². The van der Waals surface area contributed by atoms with E-state index in [0.29, 0.717) is 30.2 Å². The van der Waals surface area contributed by atoms with Crippen molar-refractivity contribution in [3.8, 4) is 0 Å². The number of nitrogens with one attached hydrogen (secondary N) is 1. The number of rotatable bonds is 4. The zero-order valence-electron chi connectivity index (χ0n) is 17.1. The van der Waals surface area contributed by atoms with Gasteiger partial charge in [0.2, 0.25) is 0 Å². The first-order chi connectivity index (χ1) is 14.9. The molecule has 0 saturated carbocycles. The summed E-state index contributed by atoms with van der Waals surface area (Å²) in [6, 6.07) is 11.1. The van der Waals surface area contributed by atoms with Crippen LogP contribution in [0.5, 0.6) is 0 Å². The summed E-state index contributed by atoms with van der Waals surface area (Å²) in [6.07, 6.45) is 3.49. The lowest BCUT2D eigenvalue weighted by atomic mass is 10.1. The Labute approximate surface area is 181 Å². The van der Waals surface area contributed by atoms with Crippen molar-refractivity contribution < 1.29 is 22.7 Å². The molecule has 1 amide bonds. The van der Waals surface area contributed by atoms with Crippen molar-refractivity contribution in [1.29, 1.82) is 0 Å². The minimum atomic E-state index is -3.89. The molecule has 2 aromatic carbocycles. The van der Waals surface area contributed by atoms with Gasteiger partial charge in [0.1, 0.15) is 10.7 Å². The molecule has 0 unspecified atom stereocenters. The predicted octanol–water partition coefficient (Wildman–Crippen LogP) is 3.60. The molecule has 0 aromatic heterocycles. The van der Waals surface area contributed by atoms with Crippen LogP contribution in [0.1, 0.15) is 53.3 Å². The van der Waals surface area contributed by atoms with Gasteiger partial charge in [0.15, 0.2) is 0 Å². The van der Waals surface area contributed by atoms with Crippen LogP contribution in [-0.2, 0) is 14.8 Å². The summed E-state index contributed by atoms with van der Waals surface area (Å²) in [5.41, 5.74) is 1.23. The number of ether oxygens (including phenoxy) is 1. The Morgan fingerprint density at radius 1 is 1.13 bits per heavy atom. The number of benzene rings is 2. The summed E-state index contributed by atoms with van der Waals surface area (Å²) in [6.45, 7) is 2.60. The number of hydrogen-bond donors (Lipinski definition) is 1. The fourth-order valence-corrected chi connectivity index (χ4v) is 5.08. The van der Waals surface area contributed by atoms with E-state index in [2.05, 4.69) is 9.71 Å². The highest BCUT2D eigenvalue weighted by atomic mass is 32.2. The van der Waals surface area contributed by atoms with Gasteiger partial charge in [-0.2, -0.15) is 8.42 Å². The van der Waals surface area contributed by atoms with Crippen LogP contribution in [0.15, 0.2) is 51.8 Å². The molecule has 0 bridgehead atoms. The van der Waals surface area contributed by atoms with Gasteiger partial charge in [0, 0.05) is 18.5 Å². The molecule has 1 saturated heterocycles. The van der Waals surface area contributed by atoms with Gasteiger partial charge in [0.05, 0.1) is 23.5 Å². The van der Waals surface area contributed by atoms with E-state index >= 15 is 0 Å². The molecule has 2 aliphatic rings. The second-order valence-electron chi connectivity index (χ2n) is 7.35. The number of amidine groups is 1. The maximum absolute atomic E-state index is 12.9. The van der Waals surface area contributed by atoms with Gasteiger partial charge in [-0.3, -0.25) is 4.79 Å². The fraction of sp³-hybridized carbons (Fsp3) is 0.318. The van der Waals surface area contributed by atoms with Crippen LogP contribution in [0.4, 0.5) is 11.4 Å². The summed E-state index contributed by atoms with van der Waals surface area (Å²) in [5.74, 6) is -0.514. The highest BCUT2D eigenvalue weighted by Gasteiger charge is 2.32. The van der Waals surface area contributed by atoms with Gasteiger partial charge < -0.3 is 15.0 Å². The second-order valence-corrected chi connectivity index (χ2v) is 8.92. The third-order valence-electron chi connectivity index (χ3n) is 5.28. The molecule has 0 aliphatic carbocycles. The first-order valence-electron chi connectivity index (χ1n) is 10.2. The van der Waals surface area contributed by atoms with Crippen molar-refractivity contribution >= 4 is 39.1 Å². The van der Waals surface area contributed by atoms with Crippen molar-refractivity contribution in [1.82, 2.24) is 0 Å². The van der Waals surface area contributed by atoms with E-state index in [0.717, 1.165) is 19.3 Å². The van der Waals surface area contributed by atoms with Crippen LogP contribution in [0.25, 0.3) is 0 Å². The van der Waals surface area contributed by atoms with Crippen molar-refractivity contribution in [2.75, 3.05) is 23.4 Å². The zero-order valence-corrected chi connectivity index (χ0v) is 17.9. The van der Waals surface area contributed by atoms with Crippen LogP contribution in [-0.4, -0.2) is 39.3 Å². The molecule has 0 atom stereocenters. The first-order valence-corrected chi connectivity index (χ1v) is 11.7. The lowest BCUT2D eigenvalue weighted by Gasteiger charge is -2.29. The molecule has 0 spiro atoms. The quantitative estimate of drug-likeness (QED) is 0.727. The van der Waals surface area contributed by atoms with Crippen LogP contribution in [0, 0.1) is 0 Å². The number of esters is 1. The molecule has 31 heavy (non-hydrogen) atoms. The minimum Gasteiger partial charge on any atom is -0.462 e. The summed E-state index contributed by atoms with van der Waals surface area (Å²) < 4.78 is 34.6. The molecule has 2 heterocycles. The number of carbonyl (C=O) groups excluding carboxylic acids is 2. The Hall–Kier alpha value is -3.20. The number of amides is 1. The van der Waals surface area contributed by atoms with E-state index in [1.54, 1.807) is 43.3 Å². The predicted molar refractivity (Wildman–Crippen MR) is 117 cm³/mol. The maximum atomic E-state index is 12.9. The van der Waals surface area contributed by atoms with Crippen LogP contribution < -0.4 is 10.2 Å². The molecule has 1 fully saturated rings. The number of anilines is 2. The lowest BCUT2D eigenvalue weighted by molar-refractivity contribution is 0.0527. The highest BCUT2D eigenvalue weighted by Crippen LogP contribution is 2.35. The summed E-state index contributed by atoms with van der Waals surface area (Å²) in [4.78, 5) is 27.0. The number of hydrogen-bond acceptors (Lipinski definition) is 6. The smallest absolute Gasteiger partial charge is 0.340 e. The molecule has 0 radical (unpaired) electrons. The van der Waals surface area contributed by atoms with Gasteiger partial charge in [-0.1, -0.05) is 18.6 Å². The van der Waals surface area contributed by atoms with Gasteiger partial charge in [-0.05, 0) is 50.1 Å². The largest absolute Gasteiger partial charge is 0.462 e. The molecule has 9 heteroatoms. The Morgan fingerprint density at radius 3 is 2.74 bits per heavy atom. The average molecular weight is 442 g/mol. The van der Waals surface area contributed by atoms with E-state index in [4.69, 9.17) is 4.74 Å². The Bertz CT molecular complexity index is 1170. The Kier molecular flexibility index (Phi) is 5.77. The van der Waals surface area contributed by atoms with Crippen LogP contribution in [0.3, 0.4) is 0 Å². The Balaban J connectivity index is 1.65. The SMILES string of the molecule is CCOC(=O)c1ccccc1NC(=O)c1ccc2c(c1)S(=O)(=O)N=C1CCCCCN12. The number of sulfonamides is 1. The minimum absolute atomic E-state index is 0.0180. The maximum Gasteiger partial charge on any atom is 0.340 e. The fourth-order valence-electron chi connectivity index (χ4n) is 3.79. The van der Waals surface area contributed by atoms with Crippen molar-refractivity contribution in [3.63, 3.8) is 0 Å². The monoisotopic (exact) mass is 441 g/mol. The van der Waals surface area contributed by atoms with E-state index in [9.17, 15) is 18.0 Å². The van der Waals surface area contributed by atoms with Crippen molar-refractivity contribution in [2.45, 2.75) is 37.5 Å². The molecule has 162 valence electrons. The van der Waals surface area contributed by atoms with E-state index in [-0.39, 0.29) is 22.6 Å². The van der Waals surface area contributed by atoms with E-state index < -0.39 is 21.9 Å². The summed E-state index contributed by atoms with van der Waals surface area (Å²) >= 11 is 0. The molecule has 4 rings (SSSR count). The summed E-state index contributed by atoms with van der Waals surface area (Å²) in [5, 5.41) is 2.68. The van der Waals surface area contributed by atoms with E-state index in [1.165, 1.54) is 6.07 Å². The number of carbonyl (C=O) groups is 2. The van der Waals surface area contributed by atoms with E-state index in [1.807, 2.05) is 4.90 Å². The molecule has 2 aromatic rings. The zero-order chi connectivity index (χ0) is 22.0. The second kappa shape index (κ2) is 8.50. The molecule has 2 aliphatic heterocycles. The third-order valence-corrected chi connectivity index (χ3v) is 6.61. The molecular weight excluding hydrogens is 418 g/mol. The number of nitrogens with zero attached hydrogens (tertiary/aromatic N) is 2. The van der Waals surface area contributed by atoms with Crippen LogP contribution >= 0.6 is 0 Å². The topological polar surface area (TPSA) is 105 Å². The number of fused-ring (bicyclic) bond motifs is 3. The molecule has 8 nitrogen and oxygen atoms in total. The molecule has 1 N–H and O–H groups in total. The van der Waals surface area contributed by atoms with Crippen molar-refractivity contribution in [2.24, 2.45) is 4.40 Å². The summed E-state index contributed by atoms with van der Waals surface area (Å²) in [7, 11) is -3.89. The molecular formula is C22H23N3O5S.